The van der Waals surface area contributed by atoms with Crippen molar-refractivity contribution in [3.8, 4) is 58.3 Å². The second-order valence-corrected chi connectivity index (χ2v) is 15.6. The van der Waals surface area contributed by atoms with Gasteiger partial charge in [0.05, 0.1) is 0 Å². The molecule has 0 atom stereocenters. The summed E-state index contributed by atoms with van der Waals surface area (Å²) >= 11 is 0. The highest BCUT2D eigenvalue weighted by molar-refractivity contribution is 5.83. The first kappa shape index (κ1) is 37.1. The van der Waals surface area contributed by atoms with Gasteiger partial charge >= 0.3 is 0 Å². The van der Waals surface area contributed by atoms with Gasteiger partial charge in [-0.2, -0.15) is 0 Å². The second kappa shape index (κ2) is 16.4. The van der Waals surface area contributed by atoms with Crippen LogP contribution in [0.1, 0.15) is 155 Å². The lowest BCUT2D eigenvalue weighted by atomic mass is 9.70. The predicted octanol–water partition coefficient (Wildman–Crippen LogP) is 13.8. The maximum Gasteiger partial charge on any atom is 0.0273 e. The third-order valence-electron chi connectivity index (χ3n) is 12.2. The third-order valence-corrected chi connectivity index (χ3v) is 12.2. The molecule has 5 aromatic carbocycles. The van der Waals surface area contributed by atoms with Gasteiger partial charge < -0.3 is 0 Å². The van der Waals surface area contributed by atoms with Crippen LogP contribution in [0.2, 0.25) is 0 Å². The van der Waals surface area contributed by atoms with Crippen molar-refractivity contribution < 1.29 is 0 Å². The van der Waals surface area contributed by atoms with Gasteiger partial charge in [0.2, 0.25) is 0 Å². The number of rotatable bonds is 12. The van der Waals surface area contributed by atoms with E-state index >= 15 is 0 Å². The minimum absolute atomic E-state index is 0.0494. The minimum atomic E-state index is 0.0494. The number of hydrogen-bond acceptors (Lipinski definition) is 0. The predicted molar refractivity (Wildman–Crippen MR) is 230 cm³/mol. The Balaban J connectivity index is 1.22. The molecule has 0 fully saturated rings. The van der Waals surface area contributed by atoms with Crippen LogP contribution in [-0.2, 0) is 10.8 Å². The van der Waals surface area contributed by atoms with Crippen LogP contribution in [0.25, 0.3) is 22.3 Å². The Kier molecular flexibility index (Phi) is 11.3. The van der Waals surface area contributed by atoms with Gasteiger partial charge in [0.25, 0.3) is 0 Å². The molecule has 0 heterocycles. The van der Waals surface area contributed by atoms with Gasteiger partial charge in [-0.3, -0.25) is 0 Å². The molecule has 0 spiro atoms. The van der Waals surface area contributed by atoms with Crippen LogP contribution in [-0.4, -0.2) is 0 Å². The van der Waals surface area contributed by atoms with Crippen molar-refractivity contribution in [3.63, 3.8) is 0 Å². The largest absolute Gasteiger partial charge is 0.115 e. The summed E-state index contributed by atoms with van der Waals surface area (Å²) in [6, 6.07) is 38.0. The normalized spacial score (nSPS) is 13.7. The van der Waals surface area contributed by atoms with E-state index in [1.807, 2.05) is 12.1 Å². The molecule has 0 amide bonds. The second-order valence-electron chi connectivity index (χ2n) is 15.6. The van der Waals surface area contributed by atoms with Gasteiger partial charge in [-0.05, 0) is 113 Å². The molecule has 0 aliphatic heterocycles. The zero-order valence-corrected chi connectivity index (χ0v) is 32.9. The van der Waals surface area contributed by atoms with Crippen molar-refractivity contribution in [2.75, 3.05) is 0 Å². The Morgan fingerprint density at radius 1 is 0.389 bits per heavy atom. The number of benzene rings is 5. The average molecular weight is 703 g/mol. The summed E-state index contributed by atoms with van der Waals surface area (Å²) in [5.41, 5.74) is 16.2. The molecule has 0 N–H and O–H groups in total. The summed E-state index contributed by atoms with van der Waals surface area (Å²) in [5, 5.41) is 0. The van der Waals surface area contributed by atoms with Crippen LogP contribution in [0.3, 0.4) is 0 Å². The van der Waals surface area contributed by atoms with Crippen molar-refractivity contribution in [1.29, 1.82) is 0 Å². The lowest BCUT2D eigenvalue weighted by molar-refractivity contribution is 0.414. The molecule has 2 aliphatic carbocycles. The minimum Gasteiger partial charge on any atom is -0.115 e. The molecule has 7 rings (SSSR count). The number of hydrogen-bond donors (Lipinski definition) is 0. The smallest absolute Gasteiger partial charge is 0.0273 e. The molecule has 0 saturated heterocycles. The van der Waals surface area contributed by atoms with E-state index in [1.165, 1.54) is 122 Å². The highest BCUT2D eigenvalue weighted by Gasteiger charge is 2.43. The highest BCUT2D eigenvalue weighted by atomic mass is 14.5. The molecule has 2 aliphatic rings. The fourth-order valence-corrected chi connectivity index (χ4v) is 9.45. The molecule has 5 aromatic rings. The van der Waals surface area contributed by atoms with E-state index in [-0.39, 0.29) is 10.8 Å². The van der Waals surface area contributed by atoms with Gasteiger partial charge in [0.15, 0.2) is 0 Å². The van der Waals surface area contributed by atoms with Crippen molar-refractivity contribution in [2.45, 2.75) is 116 Å². The Bertz CT molecular complexity index is 2140. The van der Waals surface area contributed by atoms with Crippen LogP contribution in [0.15, 0.2) is 103 Å². The lowest BCUT2D eigenvalue weighted by Crippen LogP contribution is -2.25. The van der Waals surface area contributed by atoms with Crippen LogP contribution < -0.4 is 0 Å². The molecular weight excluding hydrogens is 649 g/mol. The topological polar surface area (TPSA) is 0 Å². The van der Waals surface area contributed by atoms with Crippen molar-refractivity contribution in [3.05, 3.63) is 153 Å². The number of unbranched alkanes of at least 4 members (excludes halogenated alkanes) is 4. The maximum atomic E-state index is 5.98. The highest BCUT2D eigenvalue weighted by Crippen LogP contribution is 2.55. The first-order valence-electron chi connectivity index (χ1n) is 20.6. The Morgan fingerprint density at radius 2 is 0.741 bits per heavy atom. The number of fused-ring (bicyclic) bond motifs is 6. The van der Waals surface area contributed by atoms with Crippen molar-refractivity contribution in [2.24, 2.45) is 0 Å². The molecule has 0 saturated carbocycles. The SMILES string of the molecule is C#Cc1cc(C#Cc2ccc3c(c2)C(CCCC)(CCCC)c2ccccc2-3)cc(C#Cc2ccc3c(c2)C(CCCC)(CCCC)c2ccccc2-3)c1. The standard InChI is InChI=1S/C54H54/c1-6-11-31-53(32-12-7-2)49-21-17-15-19-45(49)47-29-27-41(38-51(47)53)23-25-43-35-40(10-5)36-44(37-43)26-24-42-28-30-48-46-20-16-18-22-50(46)54(33-13-8-3,34-14-9-4)52(48)39-42/h5,15-22,27-30,35-39H,6-9,11-14,31-34H2,1-4H3. The maximum absolute atomic E-state index is 5.98. The Morgan fingerprint density at radius 3 is 1.13 bits per heavy atom. The van der Waals surface area contributed by atoms with Gasteiger partial charge in [-0.25, -0.2) is 0 Å². The monoisotopic (exact) mass is 702 g/mol. The van der Waals surface area contributed by atoms with Crippen molar-refractivity contribution in [1.82, 2.24) is 0 Å². The van der Waals surface area contributed by atoms with E-state index in [0.29, 0.717) is 0 Å². The van der Waals surface area contributed by atoms with E-state index < -0.39 is 0 Å². The van der Waals surface area contributed by atoms with E-state index in [1.54, 1.807) is 0 Å². The van der Waals surface area contributed by atoms with E-state index in [4.69, 9.17) is 6.42 Å². The van der Waals surface area contributed by atoms with Crippen molar-refractivity contribution >= 4 is 0 Å². The Hall–Kier alpha value is -5.22. The first-order valence-corrected chi connectivity index (χ1v) is 20.6. The van der Waals surface area contributed by atoms with E-state index in [0.717, 1.165) is 27.8 Å². The van der Waals surface area contributed by atoms with E-state index in [9.17, 15) is 0 Å². The van der Waals surface area contributed by atoms with Crippen LogP contribution in [0.4, 0.5) is 0 Å². The third kappa shape index (κ3) is 6.95. The quantitative estimate of drug-likeness (QED) is 0.114. The van der Waals surface area contributed by atoms with Gasteiger partial charge in [-0.1, -0.05) is 169 Å². The van der Waals surface area contributed by atoms with E-state index in [2.05, 4.69) is 148 Å². The zero-order chi connectivity index (χ0) is 37.5. The fourth-order valence-electron chi connectivity index (χ4n) is 9.45. The zero-order valence-electron chi connectivity index (χ0n) is 32.9. The van der Waals surface area contributed by atoms with Crippen LogP contribution in [0, 0.1) is 36.0 Å². The lowest BCUT2D eigenvalue weighted by Gasteiger charge is -2.32. The average Bonchev–Trinajstić information content (AvgIpc) is 3.65. The molecule has 0 unspecified atom stereocenters. The molecule has 0 nitrogen and oxygen atoms in total. The summed E-state index contributed by atoms with van der Waals surface area (Å²) in [6.07, 6.45) is 20.3. The molecule has 0 aromatic heterocycles. The summed E-state index contributed by atoms with van der Waals surface area (Å²) in [4.78, 5) is 0. The van der Waals surface area contributed by atoms with Crippen LogP contribution >= 0.6 is 0 Å². The molecule has 0 radical (unpaired) electrons. The summed E-state index contributed by atoms with van der Waals surface area (Å²) in [7, 11) is 0. The molecule has 270 valence electrons. The summed E-state index contributed by atoms with van der Waals surface area (Å²) in [6.45, 7) is 9.22. The molecule has 0 heteroatoms. The van der Waals surface area contributed by atoms with Gasteiger partial charge in [0, 0.05) is 38.6 Å². The first-order chi connectivity index (χ1) is 26.5. The molecule has 54 heavy (non-hydrogen) atoms. The summed E-state index contributed by atoms with van der Waals surface area (Å²) < 4.78 is 0. The van der Waals surface area contributed by atoms with Crippen LogP contribution in [0.5, 0.6) is 0 Å². The van der Waals surface area contributed by atoms with Gasteiger partial charge in [0.1, 0.15) is 0 Å². The summed E-state index contributed by atoms with van der Waals surface area (Å²) in [5.74, 6) is 16.9. The Labute approximate surface area is 325 Å². The molecule has 0 bridgehead atoms. The molecular formula is C54H54. The fraction of sp³-hybridized carbons (Fsp3) is 0.333. The van der Waals surface area contributed by atoms with Gasteiger partial charge in [-0.15, -0.1) is 6.42 Å². The number of terminal acetylenes is 1.